The van der Waals surface area contributed by atoms with Gasteiger partial charge in [0.25, 0.3) is 5.91 Å². The van der Waals surface area contributed by atoms with Crippen molar-refractivity contribution in [3.63, 3.8) is 0 Å². The molecule has 1 aliphatic rings. The fraction of sp³-hybridized carbons (Fsp3) is 0.120. The van der Waals surface area contributed by atoms with E-state index in [2.05, 4.69) is 27.3 Å². The van der Waals surface area contributed by atoms with Gasteiger partial charge in [-0.25, -0.2) is 0 Å². The second-order valence-electron chi connectivity index (χ2n) is 6.87. The lowest BCUT2D eigenvalue weighted by atomic mass is 10.0. The Morgan fingerprint density at radius 1 is 1.06 bits per heavy atom. The van der Waals surface area contributed by atoms with Gasteiger partial charge in [0.2, 0.25) is 0 Å². The van der Waals surface area contributed by atoms with Crippen LogP contribution in [0.3, 0.4) is 0 Å². The summed E-state index contributed by atoms with van der Waals surface area (Å²) in [6.07, 6.45) is 1.84. The van der Waals surface area contributed by atoms with Gasteiger partial charge in [-0.15, -0.1) is 0 Å². The van der Waals surface area contributed by atoms with Crippen LogP contribution in [0.15, 0.2) is 65.1 Å². The zero-order chi connectivity index (χ0) is 21.8. The van der Waals surface area contributed by atoms with Crippen molar-refractivity contribution >= 4 is 39.2 Å². The number of carbonyl (C=O) groups is 1. The molecule has 5 nitrogen and oxygen atoms in total. The predicted molar refractivity (Wildman–Crippen MR) is 124 cm³/mol. The number of nitrogens with zero attached hydrogens (tertiary/aromatic N) is 1. The molecule has 0 fully saturated rings. The molecule has 0 saturated heterocycles. The minimum absolute atomic E-state index is 0.139. The van der Waals surface area contributed by atoms with Gasteiger partial charge in [0.05, 0.1) is 18.2 Å². The number of hydrogen-bond donors (Lipinski definition) is 1. The third-order valence-electron chi connectivity index (χ3n) is 4.89. The molecule has 1 aliphatic heterocycles. The quantitative estimate of drug-likeness (QED) is 0.458. The van der Waals surface area contributed by atoms with Crippen molar-refractivity contribution in [3.8, 4) is 17.6 Å². The van der Waals surface area contributed by atoms with E-state index in [1.54, 1.807) is 6.07 Å². The molecule has 0 aliphatic carbocycles. The minimum Gasteiger partial charge on any atom is -0.490 e. The van der Waals surface area contributed by atoms with Crippen LogP contribution in [0.25, 0.3) is 11.6 Å². The average molecular weight is 475 g/mol. The van der Waals surface area contributed by atoms with Crippen LogP contribution in [0, 0.1) is 11.3 Å². The van der Waals surface area contributed by atoms with Crippen molar-refractivity contribution in [1.29, 1.82) is 5.26 Å². The van der Waals surface area contributed by atoms with Gasteiger partial charge in [-0.3, -0.25) is 4.79 Å². The van der Waals surface area contributed by atoms with Crippen LogP contribution < -0.4 is 14.8 Å². The Bertz CT molecular complexity index is 1230. The number of anilines is 1. The number of para-hydroxylation sites is 1. The average Bonchev–Trinajstić information content (AvgIpc) is 3.10. The van der Waals surface area contributed by atoms with Crippen LogP contribution in [-0.4, -0.2) is 12.5 Å². The van der Waals surface area contributed by atoms with Gasteiger partial charge >= 0.3 is 0 Å². The highest BCUT2D eigenvalue weighted by molar-refractivity contribution is 9.10. The summed E-state index contributed by atoms with van der Waals surface area (Å²) < 4.78 is 12.6. The zero-order valence-electron chi connectivity index (χ0n) is 16.8. The van der Waals surface area contributed by atoms with Crippen molar-refractivity contribution in [2.45, 2.75) is 13.5 Å². The Morgan fingerprint density at radius 2 is 1.81 bits per heavy atom. The highest BCUT2D eigenvalue weighted by atomic mass is 79.9. The maximum absolute atomic E-state index is 12.5. The lowest BCUT2D eigenvalue weighted by Crippen LogP contribution is -2.04. The first-order chi connectivity index (χ1) is 15.1. The first-order valence-corrected chi connectivity index (χ1v) is 10.6. The predicted octanol–water partition coefficient (Wildman–Crippen LogP) is 5.79. The maximum atomic E-state index is 12.5. The molecule has 1 amide bonds. The molecule has 1 heterocycles. The second kappa shape index (κ2) is 9.07. The van der Waals surface area contributed by atoms with Gasteiger partial charge in [0, 0.05) is 26.9 Å². The van der Waals surface area contributed by atoms with E-state index in [-0.39, 0.29) is 12.5 Å². The van der Waals surface area contributed by atoms with Crippen molar-refractivity contribution in [3.05, 3.63) is 87.4 Å². The standard InChI is InChI=1S/C25H19BrN2O3/c1-2-30-23-12-18(11-20-19-9-5-6-10-22(19)28-25(20)29)21(26)13-24(23)31-15-17-8-4-3-7-16(17)14-27/h3-13H,2,15H2,1H3,(H,28,29). The van der Waals surface area contributed by atoms with Gasteiger partial charge < -0.3 is 14.8 Å². The molecule has 3 aromatic carbocycles. The number of hydrogen-bond acceptors (Lipinski definition) is 4. The molecule has 0 bridgehead atoms. The number of halogens is 1. The summed E-state index contributed by atoms with van der Waals surface area (Å²) >= 11 is 3.59. The van der Waals surface area contributed by atoms with Crippen LogP contribution in [-0.2, 0) is 11.4 Å². The summed E-state index contributed by atoms with van der Waals surface area (Å²) in [5.41, 5.74) is 4.44. The van der Waals surface area contributed by atoms with E-state index in [0.29, 0.717) is 29.2 Å². The number of nitrogens with one attached hydrogen (secondary N) is 1. The number of carbonyl (C=O) groups excluding carboxylic acids is 1. The van der Waals surface area contributed by atoms with Crippen LogP contribution in [0.5, 0.6) is 11.5 Å². The van der Waals surface area contributed by atoms with Crippen LogP contribution in [0.1, 0.15) is 29.2 Å². The molecular formula is C25H19BrN2O3. The maximum Gasteiger partial charge on any atom is 0.256 e. The Balaban J connectivity index is 1.67. The summed E-state index contributed by atoms with van der Waals surface area (Å²) in [7, 11) is 0. The molecule has 0 spiro atoms. The number of amides is 1. The summed E-state index contributed by atoms with van der Waals surface area (Å²) in [5, 5.41) is 12.2. The van der Waals surface area contributed by atoms with Crippen LogP contribution in [0.4, 0.5) is 5.69 Å². The van der Waals surface area contributed by atoms with E-state index >= 15 is 0 Å². The number of benzene rings is 3. The number of rotatable bonds is 6. The van der Waals surface area contributed by atoms with Gasteiger partial charge in [-0.2, -0.15) is 5.26 Å². The molecular weight excluding hydrogens is 456 g/mol. The number of nitriles is 1. The van der Waals surface area contributed by atoms with E-state index < -0.39 is 0 Å². The molecule has 4 rings (SSSR count). The second-order valence-corrected chi connectivity index (χ2v) is 7.72. The minimum atomic E-state index is -0.139. The van der Waals surface area contributed by atoms with Crippen molar-refractivity contribution < 1.29 is 14.3 Å². The van der Waals surface area contributed by atoms with E-state index in [1.165, 1.54) is 0 Å². The van der Waals surface area contributed by atoms with Crippen LogP contribution in [0.2, 0.25) is 0 Å². The molecule has 0 unspecified atom stereocenters. The third kappa shape index (κ3) is 4.32. The van der Waals surface area contributed by atoms with Crippen LogP contribution >= 0.6 is 15.9 Å². The van der Waals surface area contributed by atoms with Crippen molar-refractivity contribution in [2.24, 2.45) is 0 Å². The molecule has 154 valence electrons. The fourth-order valence-corrected chi connectivity index (χ4v) is 3.83. The highest BCUT2D eigenvalue weighted by Gasteiger charge is 2.24. The molecule has 31 heavy (non-hydrogen) atoms. The van der Waals surface area contributed by atoms with Gasteiger partial charge in [-0.05, 0) is 42.8 Å². The summed E-state index contributed by atoms with van der Waals surface area (Å²) in [4.78, 5) is 12.5. The van der Waals surface area contributed by atoms with Gasteiger partial charge in [0.15, 0.2) is 11.5 Å². The third-order valence-corrected chi connectivity index (χ3v) is 5.58. The number of fused-ring (bicyclic) bond motifs is 1. The Labute approximate surface area is 189 Å². The fourth-order valence-electron chi connectivity index (χ4n) is 3.39. The first kappa shape index (κ1) is 20.7. The van der Waals surface area contributed by atoms with E-state index in [9.17, 15) is 10.1 Å². The van der Waals surface area contributed by atoms with E-state index in [0.717, 1.165) is 26.9 Å². The van der Waals surface area contributed by atoms with Crippen molar-refractivity contribution in [1.82, 2.24) is 0 Å². The highest BCUT2D eigenvalue weighted by Crippen LogP contribution is 2.38. The topological polar surface area (TPSA) is 71.3 Å². The molecule has 0 saturated carbocycles. The monoisotopic (exact) mass is 474 g/mol. The molecule has 0 atom stereocenters. The summed E-state index contributed by atoms with van der Waals surface area (Å²) in [6, 6.07) is 20.8. The SMILES string of the molecule is CCOc1cc(C=C2C(=O)Nc3ccccc32)c(Br)cc1OCc1ccccc1C#N. The largest absolute Gasteiger partial charge is 0.490 e. The molecule has 1 N–H and O–H groups in total. The molecule has 0 radical (unpaired) electrons. The van der Waals surface area contributed by atoms with E-state index in [4.69, 9.17) is 9.47 Å². The van der Waals surface area contributed by atoms with Gasteiger partial charge in [-0.1, -0.05) is 52.3 Å². The first-order valence-electron chi connectivity index (χ1n) is 9.80. The molecule has 3 aromatic rings. The van der Waals surface area contributed by atoms with E-state index in [1.807, 2.05) is 67.6 Å². The summed E-state index contributed by atoms with van der Waals surface area (Å²) in [5.74, 6) is 0.984. The van der Waals surface area contributed by atoms with Crippen molar-refractivity contribution in [2.75, 3.05) is 11.9 Å². The number of ether oxygens (including phenoxy) is 2. The smallest absolute Gasteiger partial charge is 0.256 e. The zero-order valence-corrected chi connectivity index (χ0v) is 18.4. The summed E-state index contributed by atoms with van der Waals surface area (Å²) in [6.45, 7) is 2.61. The lowest BCUT2D eigenvalue weighted by Gasteiger charge is -2.15. The Kier molecular flexibility index (Phi) is 6.06. The normalized spacial score (nSPS) is 13.5. The Morgan fingerprint density at radius 3 is 2.61 bits per heavy atom. The Hall–Kier alpha value is -3.56. The van der Waals surface area contributed by atoms with Gasteiger partial charge in [0.1, 0.15) is 6.61 Å². The lowest BCUT2D eigenvalue weighted by molar-refractivity contribution is -0.110. The molecule has 6 heteroatoms. The molecule has 0 aromatic heterocycles.